The molecule has 1 amide bonds. The lowest BCUT2D eigenvalue weighted by Crippen LogP contribution is -2.45. The van der Waals surface area contributed by atoms with Gasteiger partial charge < -0.3 is 15.0 Å². The van der Waals surface area contributed by atoms with Crippen LogP contribution < -0.4 is 15.0 Å². The van der Waals surface area contributed by atoms with Crippen molar-refractivity contribution in [1.29, 1.82) is 0 Å². The first kappa shape index (κ1) is 21.4. The molecule has 7 nitrogen and oxygen atoms in total. The molecule has 0 spiro atoms. The average Bonchev–Trinajstić information content (AvgIpc) is 3.27. The zero-order valence-corrected chi connectivity index (χ0v) is 19.1. The molecule has 33 heavy (non-hydrogen) atoms. The van der Waals surface area contributed by atoms with Crippen molar-refractivity contribution in [3.63, 3.8) is 0 Å². The molecule has 2 aliphatic rings. The summed E-state index contributed by atoms with van der Waals surface area (Å²) in [6.07, 6.45) is 6.19. The lowest BCUT2D eigenvalue weighted by atomic mass is 9.97. The number of piperidine rings is 1. The molecule has 0 aliphatic carbocycles. The topological polar surface area (TPSA) is 80.2 Å². The number of benzene rings is 1. The van der Waals surface area contributed by atoms with Crippen molar-refractivity contribution in [2.45, 2.75) is 39.2 Å². The molecule has 1 aromatic carbocycles. The molecule has 1 N–H and O–H groups in total. The number of anilines is 1. The van der Waals surface area contributed by atoms with Gasteiger partial charge in [-0.2, -0.15) is 0 Å². The molecule has 0 radical (unpaired) electrons. The van der Waals surface area contributed by atoms with Crippen molar-refractivity contribution in [2.24, 2.45) is 5.92 Å². The van der Waals surface area contributed by atoms with Crippen molar-refractivity contribution in [3.8, 4) is 17.0 Å². The number of ether oxygens (including phenoxy) is 1. The number of amides is 1. The van der Waals surface area contributed by atoms with E-state index in [1.54, 1.807) is 12.4 Å². The van der Waals surface area contributed by atoms with E-state index < -0.39 is 0 Å². The third kappa shape index (κ3) is 4.67. The number of nitrogens with one attached hydrogen (secondary N) is 1. The van der Waals surface area contributed by atoms with Crippen LogP contribution in [0.5, 0.6) is 5.75 Å². The first-order valence-electron chi connectivity index (χ1n) is 11.6. The highest BCUT2D eigenvalue weighted by molar-refractivity contribution is 5.79. The maximum atomic E-state index is 12.9. The minimum Gasteiger partial charge on any atom is -0.488 e. The van der Waals surface area contributed by atoms with E-state index in [-0.39, 0.29) is 17.9 Å². The molecule has 2 aromatic heterocycles. The Morgan fingerprint density at radius 2 is 2.12 bits per heavy atom. The number of rotatable bonds is 5. The van der Waals surface area contributed by atoms with Gasteiger partial charge in [-0.1, -0.05) is 6.07 Å². The van der Waals surface area contributed by atoms with Gasteiger partial charge in [0, 0.05) is 37.5 Å². The van der Waals surface area contributed by atoms with Crippen molar-refractivity contribution < 1.29 is 9.53 Å². The molecule has 1 saturated heterocycles. The molecule has 170 valence electrons. The number of hydrogen-bond acceptors (Lipinski definition) is 6. The summed E-state index contributed by atoms with van der Waals surface area (Å²) < 4.78 is 6.11. The summed E-state index contributed by atoms with van der Waals surface area (Å²) in [5.74, 6) is 1.89. The van der Waals surface area contributed by atoms with Crippen LogP contribution in [0.15, 0.2) is 48.8 Å². The first-order valence-corrected chi connectivity index (χ1v) is 11.6. The normalized spacial score (nSPS) is 19.6. The van der Waals surface area contributed by atoms with E-state index in [0.29, 0.717) is 13.1 Å². The van der Waals surface area contributed by atoms with Gasteiger partial charge in [0.2, 0.25) is 5.91 Å². The maximum Gasteiger partial charge on any atom is 0.225 e. The van der Waals surface area contributed by atoms with E-state index in [1.807, 2.05) is 44.2 Å². The first-order chi connectivity index (χ1) is 16.1. The molecule has 0 bridgehead atoms. The maximum absolute atomic E-state index is 12.9. The molecule has 2 atom stereocenters. The Kier molecular flexibility index (Phi) is 5.94. The SMILES string of the molecule is Cc1cnc(C)c(-c2ccc3c(c2)C[C@@H](CNC(=O)[C@H]2CCCN(c4ccccn4)C2)O3)n1. The van der Waals surface area contributed by atoms with Gasteiger partial charge in [-0.15, -0.1) is 0 Å². The van der Waals surface area contributed by atoms with Crippen LogP contribution in [0.25, 0.3) is 11.3 Å². The smallest absolute Gasteiger partial charge is 0.225 e. The summed E-state index contributed by atoms with van der Waals surface area (Å²) in [5, 5.41) is 3.13. The van der Waals surface area contributed by atoms with Crippen LogP contribution in [0, 0.1) is 19.8 Å². The van der Waals surface area contributed by atoms with Crippen molar-refractivity contribution in [2.75, 3.05) is 24.5 Å². The van der Waals surface area contributed by atoms with Crippen LogP contribution in [0.2, 0.25) is 0 Å². The minimum atomic E-state index is -0.0561. The zero-order chi connectivity index (χ0) is 22.8. The minimum absolute atomic E-state index is 0.0287. The van der Waals surface area contributed by atoms with E-state index >= 15 is 0 Å². The largest absolute Gasteiger partial charge is 0.488 e. The lowest BCUT2D eigenvalue weighted by Gasteiger charge is -2.33. The number of aryl methyl sites for hydroxylation is 2. The van der Waals surface area contributed by atoms with Crippen LogP contribution in [0.4, 0.5) is 5.82 Å². The number of aromatic nitrogens is 3. The summed E-state index contributed by atoms with van der Waals surface area (Å²) >= 11 is 0. The van der Waals surface area contributed by atoms with E-state index in [9.17, 15) is 4.79 Å². The quantitative estimate of drug-likeness (QED) is 0.650. The average molecular weight is 444 g/mol. The second-order valence-corrected chi connectivity index (χ2v) is 8.93. The standard InChI is InChI=1S/C26H29N5O2/c1-17-14-28-18(2)25(30-17)19-8-9-23-21(12-19)13-22(33-23)15-29-26(32)20-6-5-11-31(16-20)24-7-3-4-10-27-24/h3-4,7-10,12,14,20,22H,5-6,11,13,15-16H2,1-2H3,(H,29,32)/t20-,22-/m0/s1. The van der Waals surface area contributed by atoms with Gasteiger partial charge >= 0.3 is 0 Å². The van der Waals surface area contributed by atoms with Crippen LogP contribution in [-0.4, -0.2) is 46.6 Å². The number of carbonyl (C=O) groups is 1. The summed E-state index contributed by atoms with van der Waals surface area (Å²) in [6, 6.07) is 12.1. The van der Waals surface area contributed by atoms with Crippen LogP contribution in [0.3, 0.4) is 0 Å². The monoisotopic (exact) mass is 443 g/mol. The van der Waals surface area contributed by atoms with Crippen molar-refractivity contribution in [3.05, 3.63) is 65.7 Å². The van der Waals surface area contributed by atoms with Crippen LogP contribution in [0.1, 0.15) is 29.8 Å². The number of hydrogen-bond donors (Lipinski definition) is 1. The lowest BCUT2D eigenvalue weighted by molar-refractivity contribution is -0.125. The van der Waals surface area contributed by atoms with Gasteiger partial charge in [-0.25, -0.2) is 9.97 Å². The van der Waals surface area contributed by atoms with Gasteiger partial charge in [0.1, 0.15) is 17.7 Å². The molecule has 2 aliphatic heterocycles. The van der Waals surface area contributed by atoms with E-state index in [1.165, 1.54) is 0 Å². The fourth-order valence-electron chi connectivity index (χ4n) is 4.69. The Hall–Kier alpha value is -3.48. The highest BCUT2D eigenvalue weighted by Crippen LogP contribution is 2.33. The Morgan fingerprint density at radius 3 is 2.97 bits per heavy atom. The van der Waals surface area contributed by atoms with Gasteiger partial charge in [-0.05, 0) is 62.6 Å². The van der Waals surface area contributed by atoms with Crippen molar-refractivity contribution >= 4 is 11.7 Å². The van der Waals surface area contributed by atoms with Gasteiger partial charge in [0.15, 0.2) is 0 Å². The van der Waals surface area contributed by atoms with E-state index in [4.69, 9.17) is 4.74 Å². The summed E-state index contributed by atoms with van der Waals surface area (Å²) in [6.45, 7) is 6.08. The molecule has 4 heterocycles. The molecule has 0 unspecified atom stereocenters. The van der Waals surface area contributed by atoms with Crippen molar-refractivity contribution in [1.82, 2.24) is 20.3 Å². The number of carbonyl (C=O) groups excluding carboxylic acids is 1. The molecule has 1 fully saturated rings. The van der Waals surface area contributed by atoms with Gasteiger partial charge in [0.25, 0.3) is 0 Å². The number of fused-ring (bicyclic) bond motifs is 1. The number of nitrogens with zero attached hydrogens (tertiary/aromatic N) is 4. The highest BCUT2D eigenvalue weighted by atomic mass is 16.5. The number of pyridine rings is 1. The van der Waals surface area contributed by atoms with Gasteiger partial charge in [-0.3, -0.25) is 9.78 Å². The molecule has 7 heteroatoms. The Balaban J connectivity index is 1.18. The molecule has 5 rings (SSSR count). The third-order valence-corrected chi connectivity index (χ3v) is 6.42. The molecule has 0 saturated carbocycles. The Bertz CT molecular complexity index is 1150. The summed E-state index contributed by atoms with van der Waals surface area (Å²) in [7, 11) is 0. The molecular formula is C26H29N5O2. The van der Waals surface area contributed by atoms with Crippen LogP contribution >= 0.6 is 0 Å². The van der Waals surface area contributed by atoms with E-state index in [0.717, 1.165) is 65.6 Å². The zero-order valence-electron chi connectivity index (χ0n) is 19.1. The second kappa shape index (κ2) is 9.17. The highest BCUT2D eigenvalue weighted by Gasteiger charge is 2.29. The van der Waals surface area contributed by atoms with Gasteiger partial charge in [0.05, 0.1) is 29.5 Å². The predicted octanol–water partition coefficient (Wildman–Crippen LogP) is 3.49. The summed E-state index contributed by atoms with van der Waals surface area (Å²) in [5.41, 5.74) is 4.91. The Morgan fingerprint density at radius 1 is 1.21 bits per heavy atom. The fraction of sp³-hybridized carbons (Fsp3) is 0.385. The van der Waals surface area contributed by atoms with Crippen LogP contribution in [-0.2, 0) is 11.2 Å². The summed E-state index contributed by atoms with van der Waals surface area (Å²) in [4.78, 5) is 28.6. The fourth-order valence-corrected chi connectivity index (χ4v) is 4.69. The Labute approximate surface area is 194 Å². The third-order valence-electron chi connectivity index (χ3n) is 6.42. The molecule has 3 aromatic rings. The molecular weight excluding hydrogens is 414 g/mol. The van der Waals surface area contributed by atoms with E-state index in [2.05, 4.69) is 31.2 Å². The second-order valence-electron chi connectivity index (χ2n) is 8.93. The predicted molar refractivity (Wildman–Crippen MR) is 127 cm³/mol.